The van der Waals surface area contributed by atoms with Gasteiger partial charge in [-0.25, -0.2) is 0 Å². The first-order chi connectivity index (χ1) is 10.3. The quantitative estimate of drug-likeness (QED) is 0.344. The molecule has 1 amide bonds. The van der Waals surface area contributed by atoms with Gasteiger partial charge in [-0.2, -0.15) is 12.6 Å². The van der Waals surface area contributed by atoms with Crippen LogP contribution in [0.3, 0.4) is 0 Å². The highest BCUT2D eigenvalue weighted by Gasteiger charge is 2.07. The summed E-state index contributed by atoms with van der Waals surface area (Å²) in [5, 5.41) is 5.77. The van der Waals surface area contributed by atoms with Crippen molar-refractivity contribution in [2.75, 3.05) is 52.7 Å². The van der Waals surface area contributed by atoms with Crippen LogP contribution in [0.4, 0.5) is 0 Å². The Labute approximate surface area is 140 Å². The second-order valence-corrected chi connectivity index (χ2v) is 6.76. The molecule has 0 spiro atoms. The zero-order valence-electron chi connectivity index (χ0n) is 14.3. The van der Waals surface area contributed by atoms with Crippen LogP contribution in [-0.4, -0.2) is 69.4 Å². The fraction of sp³-hybridized carbons (Fsp3) is 0.933. The Balaban J connectivity index is 3.13. The first kappa shape index (κ1) is 21.7. The molecule has 1 atom stereocenters. The molecule has 0 fully saturated rings. The molecule has 0 aliphatic heterocycles. The fourth-order valence-electron chi connectivity index (χ4n) is 1.43. The van der Waals surface area contributed by atoms with E-state index >= 15 is 0 Å². The molecule has 0 aliphatic rings. The number of hydrogen-bond acceptors (Lipinski definition) is 6. The summed E-state index contributed by atoms with van der Waals surface area (Å²) in [6, 6.07) is 0. The third-order valence-electron chi connectivity index (χ3n) is 2.57. The number of carbonyl (C=O) groups excluding carboxylic acids is 1. The number of amides is 1. The SMILES string of the molecule is CC(S)C(=O)NCCOCCOCCOCCNC(C)(C)C. The summed E-state index contributed by atoms with van der Waals surface area (Å²) in [6.07, 6.45) is 0. The van der Waals surface area contributed by atoms with Crippen LogP contribution in [0.2, 0.25) is 0 Å². The molecule has 0 saturated carbocycles. The van der Waals surface area contributed by atoms with E-state index in [4.69, 9.17) is 14.2 Å². The minimum Gasteiger partial charge on any atom is -0.378 e. The highest BCUT2D eigenvalue weighted by Crippen LogP contribution is 1.96. The van der Waals surface area contributed by atoms with Crippen molar-refractivity contribution >= 4 is 18.5 Å². The molecule has 0 heterocycles. The van der Waals surface area contributed by atoms with Gasteiger partial charge >= 0.3 is 0 Å². The van der Waals surface area contributed by atoms with Crippen LogP contribution >= 0.6 is 12.6 Å². The molecule has 0 rings (SSSR count). The Morgan fingerprint density at radius 1 is 0.955 bits per heavy atom. The zero-order valence-corrected chi connectivity index (χ0v) is 15.2. The first-order valence-electron chi connectivity index (χ1n) is 7.77. The lowest BCUT2D eigenvalue weighted by Crippen LogP contribution is -2.38. The standard InChI is InChI=1S/C15H32N2O4S/c1-13(22)14(18)16-5-7-19-9-11-21-12-10-20-8-6-17-15(2,3)4/h13,17,22H,5-12H2,1-4H3,(H,16,18). The van der Waals surface area contributed by atoms with E-state index in [-0.39, 0.29) is 16.7 Å². The van der Waals surface area contributed by atoms with E-state index in [1.807, 2.05) is 0 Å². The number of nitrogens with one attached hydrogen (secondary N) is 2. The van der Waals surface area contributed by atoms with Crippen LogP contribution in [0, 0.1) is 0 Å². The van der Waals surface area contributed by atoms with Gasteiger partial charge in [-0.3, -0.25) is 4.79 Å². The van der Waals surface area contributed by atoms with Gasteiger partial charge in [-0.15, -0.1) is 0 Å². The second-order valence-electron chi connectivity index (χ2n) is 5.98. The molecular weight excluding hydrogens is 304 g/mol. The lowest BCUT2D eigenvalue weighted by molar-refractivity contribution is -0.120. The lowest BCUT2D eigenvalue weighted by Gasteiger charge is -2.20. The molecule has 0 aliphatic carbocycles. The van der Waals surface area contributed by atoms with Crippen molar-refractivity contribution in [3.05, 3.63) is 0 Å². The van der Waals surface area contributed by atoms with Gasteiger partial charge in [0, 0.05) is 18.6 Å². The highest BCUT2D eigenvalue weighted by atomic mass is 32.1. The van der Waals surface area contributed by atoms with E-state index in [2.05, 4.69) is 44.0 Å². The van der Waals surface area contributed by atoms with E-state index in [9.17, 15) is 4.79 Å². The zero-order chi connectivity index (χ0) is 16.8. The van der Waals surface area contributed by atoms with Crippen LogP contribution < -0.4 is 10.6 Å². The summed E-state index contributed by atoms with van der Waals surface area (Å²) < 4.78 is 16.1. The van der Waals surface area contributed by atoms with E-state index in [1.54, 1.807) is 6.92 Å². The summed E-state index contributed by atoms with van der Waals surface area (Å²) in [4.78, 5) is 11.2. The molecule has 132 valence electrons. The molecule has 0 aromatic heterocycles. The number of thiol groups is 1. The summed E-state index contributed by atoms with van der Waals surface area (Å²) in [5.74, 6) is -0.0821. The van der Waals surface area contributed by atoms with Crippen molar-refractivity contribution in [2.24, 2.45) is 0 Å². The molecule has 2 N–H and O–H groups in total. The van der Waals surface area contributed by atoms with E-state index in [1.165, 1.54) is 0 Å². The smallest absolute Gasteiger partial charge is 0.232 e. The Morgan fingerprint density at radius 3 is 1.86 bits per heavy atom. The molecular formula is C15H32N2O4S. The Kier molecular flexibility index (Phi) is 12.9. The average molecular weight is 336 g/mol. The number of rotatable bonds is 13. The average Bonchev–Trinajstić information content (AvgIpc) is 2.42. The molecule has 0 aromatic rings. The predicted molar refractivity (Wildman–Crippen MR) is 91.7 cm³/mol. The Hall–Kier alpha value is -0.340. The van der Waals surface area contributed by atoms with Crippen LogP contribution in [0.5, 0.6) is 0 Å². The fourth-order valence-corrected chi connectivity index (χ4v) is 1.53. The molecule has 0 radical (unpaired) electrons. The van der Waals surface area contributed by atoms with Gasteiger partial charge in [0.1, 0.15) is 0 Å². The van der Waals surface area contributed by atoms with E-state index < -0.39 is 0 Å². The Bertz CT molecular complexity index is 283. The van der Waals surface area contributed by atoms with Crippen LogP contribution in [0.1, 0.15) is 27.7 Å². The second kappa shape index (κ2) is 13.1. The first-order valence-corrected chi connectivity index (χ1v) is 8.28. The molecule has 22 heavy (non-hydrogen) atoms. The monoisotopic (exact) mass is 336 g/mol. The van der Waals surface area contributed by atoms with Gasteiger partial charge in [-0.1, -0.05) is 0 Å². The third-order valence-corrected chi connectivity index (χ3v) is 2.81. The van der Waals surface area contributed by atoms with Gasteiger partial charge in [-0.05, 0) is 27.7 Å². The summed E-state index contributed by atoms with van der Waals surface area (Å²) >= 11 is 4.03. The molecule has 0 aromatic carbocycles. The number of ether oxygens (including phenoxy) is 3. The van der Waals surface area contributed by atoms with Gasteiger partial charge in [0.2, 0.25) is 5.91 Å². The van der Waals surface area contributed by atoms with Crippen molar-refractivity contribution in [2.45, 2.75) is 38.5 Å². The van der Waals surface area contributed by atoms with Crippen LogP contribution in [0.15, 0.2) is 0 Å². The molecule has 7 heteroatoms. The van der Waals surface area contributed by atoms with Gasteiger partial charge < -0.3 is 24.8 Å². The van der Waals surface area contributed by atoms with E-state index in [0.29, 0.717) is 46.2 Å². The number of carbonyl (C=O) groups is 1. The minimum atomic E-state index is -0.290. The maximum atomic E-state index is 11.2. The molecule has 0 saturated heterocycles. The molecule has 0 bridgehead atoms. The van der Waals surface area contributed by atoms with Crippen molar-refractivity contribution in [1.82, 2.24) is 10.6 Å². The normalized spacial score (nSPS) is 13.1. The van der Waals surface area contributed by atoms with Crippen molar-refractivity contribution in [3.63, 3.8) is 0 Å². The maximum Gasteiger partial charge on any atom is 0.232 e. The topological polar surface area (TPSA) is 68.8 Å². The molecule has 6 nitrogen and oxygen atoms in total. The highest BCUT2D eigenvalue weighted by molar-refractivity contribution is 7.81. The van der Waals surface area contributed by atoms with Gasteiger partial charge in [0.05, 0.1) is 44.9 Å². The third kappa shape index (κ3) is 16.0. The minimum absolute atomic E-state index is 0.0821. The van der Waals surface area contributed by atoms with Crippen LogP contribution in [-0.2, 0) is 19.0 Å². The largest absolute Gasteiger partial charge is 0.378 e. The summed E-state index contributed by atoms with van der Waals surface area (Å²) in [5.41, 5.74) is 0.127. The maximum absolute atomic E-state index is 11.2. The summed E-state index contributed by atoms with van der Waals surface area (Å²) in [6.45, 7) is 12.8. The van der Waals surface area contributed by atoms with Crippen molar-refractivity contribution < 1.29 is 19.0 Å². The van der Waals surface area contributed by atoms with Gasteiger partial charge in [0.25, 0.3) is 0 Å². The van der Waals surface area contributed by atoms with Crippen molar-refractivity contribution in [3.8, 4) is 0 Å². The predicted octanol–water partition coefficient (Wildman–Crippen LogP) is 0.859. The van der Waals surface area contributed by atoms with Crippen molar-refractivity contribution in [1.29, 1.82) is 0 Å². The number of hydrogen-bond donors (Lipinski definition) is 3. The Morgan fingerprint density at radius 2 is 1.41 bits per heavy atom. The summed E-state index contributed by atoms with van der Waals surface area (Å²) in [7, 11) is 0. The van der Waals surface area contributed by atoms with Gasteiger partial charge in [0.15, 0.2) is 0 Å². The lowest BCUT2D eigenvalue weighted by atomic mass is 10.1. The molecule has 1 unspecified atom stereocenters. The van der Waals surface area contributed by atoms with E-state index in [0.717, 1.165) is 6.54 Å². The van der Waals surface area contributed by atoms with Crippen LogP contribution in [0.25, 0.3) is 0 Å².